The Hall–Kier alpha value is -0.0400. The molecular formula is C11H23N. The van der Waals surface area contributed by atoms with Gasteiger partial charge < -0.3 is 5.32 Å². The minimum atomic E-state index is 0.480. The molecular weight excluding hydrogens is 146 g/mol. The van der Waals surface area contributed by atoms with E-state index in [4.69, 9.17) is 0 Å². The van der Waals surface area contributed by atoms with Gasteiger partial charge >= 0.3 is 0 Å². The topological polar surface area (TPSA) is 12.0 Å². The Bertz CT molecular complexity index is 134. The van der Waals surface area contributed by atoms with E-state index in [-0.39, 0.29) is 0 Å². The predicted molar refractivity (Wildman–Crippen MR) is 54.3 cm³/mol. The lowest BCUT2D eigenvalue weighted by atomic mass is 9.69. The van der Waals surface area contributed by atoms with E-state index in [2.05, 4.69) is 33.1 Å². The van der Waals surface area contributed by atoms with Gasteiger partial charge in [-0.05, 0) is 31.2 Å². The molecule has 0 heterocycles. The lowest BCUT2D eigenvalue weighted by Gasteiger charge is -2.40. The normalized spacial score (nSPS) is 32.0. The molecule has 0 saturated heterocycles. The van der Waals surface area contributed by atoms with Crippen molar-refractivity contribution >= 4 is 0 Å². The molecule has 12 heavy (non-hydrogen) atoms. The third-order valence-electron chi connectivity index (χ3n) is 3.25. The van der Waals surface area contributed by atoms with Gasteiger partial charge in [-0.2, -0.15) is 0 Å². The Morgan fingerprint density at radius 2 is 1.67 bits per heavy atom. The van der Waals surface area contributed by atoms with Gasteiger partial charge in [-0.25, -0.2) is 0 Å². The Balaban J connectivity index is 2.59. The number of hydrogen-bond acceptors (Lipinski definition) is 1. The van der Waals surface area contributed by atoms with Crippen LogP contribution in [0.5, 0.6) is 0 Å². The fourth-order valence-corrected chi connectivity index (χ4v) is 2.51. The van der Waals surface area contributed by atoms with Crippen molar-refractivity contribution in [1.82, 2.24) is 5.32 Å². The lowest BCUT2D eigenvalue weighted by Crippen LogP contribution is -2.42. The summed E-state index contributed by atoms with van der Waals surface area (Å²) in [5.74, 6) is 0.872. The second kappa shape index (κ2) is 3.78. The Labute approximate surface area is 76.9 Å². The predicted octanol–water partition coefficient (Wildman–Crippen LogP) is 2.81. The van der Waals surface area contributed by atoms with Crippen molar-refractivity contribution in [2.75, 3.05) is 7.05 Å². The fourth-order valence-electron chi connectivity index (χ4n) is 2.51. The maximum Gasteiger partial charge on any atom is 0.00973 e. The summed E-state index contributed by atoms with van der Waals surface area (Å²) in [6.07, 6.45) is 5.63. The molecule has 1 rings (SSSR count). The summed E-state index contributed by atoms with van der Waals surface area (Å²) in [4.78, 5) is 0. The molecule has 1 aliphatic rings. The van der Waals surface area contributed by atoms with Crippen LogP contribution in [0.15, 0.2) is 0 Å². The molecule has 0 bridgehead atoms. The van der Waals surface area contributed by atoms with Crippen LogP contribution >= 0.6 is 0 Å². The molecule has 1 N–H and O–H groups in total. The van der Waals surface area contributed by atoms with Crippen LogP contribution in [0.2, 0.25) is 0 Å². The largest absolute Gasteiger partial charge is 0.317 e. The van der Waals surface area contributed by atoms with Gasteiger partial charge in [0.25, 0.3) is 0 Å². The molecule has 0 amide bonds. The quantitative estimate of drug-likeness (QED) is 0.636. The molecule has 0 aromatic heterocycles. The van der Waals surface area contributed by atoms with Gasteiger partial charge in [0.1, 0.15) is 0 Å². The summed E-state index contributed by atoms with van der Waals surface area (Å²) in [6.45, 7) is 7.11. The summed E-state index contributed by atoms with van der Waals surface area (Å²) in [5, 5.41) is 3.46. The maximum atomic E-state index is 3.46. The first kappa shape index (κ1) is 10.0. The first-order chi connectivity index (χ1) is 5.55. The van der Waals surface area contributed by atoms with Crippen molar-refractivity contribution in [1.29, 1.82) is 0 Å². The third-order valence-corrected chi connectivity index (χ3v) is 3.25. The molecule has 2 unspecified atom stereocenters. The molecule has 0 aromatic rings. The highest BCUT2D eigenvalue weighted by Crippen LogP contribution is 2.37. The molecule has 72 valence electrons. The van der Waals surface area contributed by atoms with Gasteiger partial charge in [-0.1, -0.05) is 33.6 Å². The summed E-state index contributed by atoms with van der Waals surface area (Å²) in [7, 11) is 2.11. The van der Waals surface area contributed by atoms with E-state index in [9.17, 15) is 0 Å². The van der Waals surface area contributed by atoms with Crippen LogP contribution in [0, 0.1) is 11.3 Å². The van der Waals surface area contributed by atoms with Gasteiger partial charge in [-0.15, -0.1) is 0 Å². The van der Waals surface area contributed by atoms with Crippen molar-refractivity contribution in [2.24, 2.45) is 11.3 Å². The Morgan fingerprint density at radius 3 is 2.08 bits per heavy atom. The molecule has 0 radical (unpaired) electrons. The fraction of sp³-hybridized carbons (Fsp3) is 1.00. The monoisotopic (exact) mass is 169 g/mol. The van der Waals surface area contributed by atoms with E-state index in [0.29, 0.717) is 5.41 Å². The first-order valence-corrected chi connectivity index (χ1v) is 5.23. The molecule has 1 heteroatoms. The van der Waals surface area contributed by atoms with E-state index in [0.717, 1.165) is 12.0 Å². The molecule has 1 fully saturated rings. The van der Waals surface area contributed by atoms with E-state index in [1.165, 1.54) is 25.7 Å². The Kier molecular flexibility index (Phi) is 3.16. The van der Waals surface area contributed by atoms with Crippen LogP contribution in [0.4, 0.5) is 0 Å². The molecule has 1 saturated carbocycles. The second-order valence-electron chi connectivity index (χ2n) is 5.15. The van der Waals surface area contributed by atoms with Gasteiger partial charge in [0.2, 0.25) is 0 Å². The van der Waals surface area contributed by atoms with Crippen LogP contribution in [0.25, 0.3) is 0 Å². The molecule has 0 aliphatic heterocycles. The van der Waals surface area contributed by atoms with Gasteiger partial charge in [0.15, 0.2) is 0 Å². The SMILES string of the molecule is CNC1CCCCC1C(C)(C)C. The molecule has 0 aromatic carbocycles. The number of nitrogens with one attached hydrogen (secondary N) is 1. The van der Waals surface area contributed by atoms with Crippen LogP contribution < -0.4 is 5.32 Å². The van der Waals surface area contributed by atoms with Crippen molar-refractivity contribution in [3.8, 4) is 0 Å². The van der Waals surface area contributed by atoms with Crippen molar-refractivity contribution in [3.05, 3.63) is 0 Å². The molecule has 0 spiro atoms. The average molecular weight is 169 g/mol. The van der Waals surface area contributed by atoms with Crippen molar-refractivity contribution in [2.45, 2.75) is 52.5 Å². The van der Waals surface area contributed by atoms with E-state index >= 15 is 0 Å². The molecule has 2 atom stereocenters. The first-order valence-electron chi connectivity index (χ1n) is 5.23. The number of rotatable bonds is 1. The maximum absolute atomic E-state index is 3.46. The summed E-state index contributed by atoms with van der Waals surface area (Å²) in [6, 6.07) is 0.763. The Morgan fingerprint density at radius 1 is 1.08 bits per heavy atom. The van der Waals surface area contributed by atoms with Gasteiger partial charge in [-0.3, -0.25) is 0 Å². The van der Waals surface area contributed by atoms with Crippen molar-refractivity contribution in [3.63, 3.8) is 0 Å². The van der Waals surface area contributed by atoms with Gasteiger partial charge in [0, 0.05) is 6.04 Å². The highest BCUT2D eigenvalue weighted by atomic mass is 14.9. The number of hydrogen-bond donors (Lipinski definition) is 1. The van der Waals surface area contributed by atoms with E-state index in [1.54, 1.807) is 0 Å². The van der Waals surface area contributed by atoms with Gasteiger partial charge in [0.05, 0.1) is 0 Å². The van der Waals surface area contributed by atoms with Crippen molar-refractivity contribution < 1.29 is 0 Å². The van der Waals surface area contributed by atoms with E-state index in [1.807, 2.05) is 0 Å². The summed E-state index contributed by atoms with van der Waals surface area (Å²) >= 11 is 0. The highest BCUT2D eigenvalue weighted by molar-refractivity contribution is 4.87. The minimum Gasteiger partial charge on any atom is -0.317 e. The summed E-state index contributed by atoms with van der Waals surface area (Å²) in [5.41, 5.74) is 0.480. The molecule has 1 nitrogen and oxygen atoms in total. The van der Waals surface area contributed by atoms with Crippen LogP contribution in [0.3, 0.4) is 0 Å². The smallest absolute Gasteiger partial charge is 0.00973 e. The van der Waals surface area contributed by atoms with Crippen LogP contribution in [0.1, 0.15) is 46.5 Å². The zero-order valence-corrected chi connectivity index (χ0v) is 8.98. The average Bonchev–Trinajstić information content (AvgIpc) is 2.03. The lowest BCUT2D eigenvalue weighted by molar-refractivity contribution is 0.136. The highest BCUT2D eigenvalue weighted by Gasteiger charge is 2.32. The van der Waals surface area contributed by atoms with E-state index < -0.39 is 0 Å². The second-order valence-corrected chi connectivity index (χ2v) is 5.15. The zero-order valence-electron chi connectivity index (χ0n) is 8.98. The minimum absolute atomic E-state index is 0.480. The van der Waals surface area contributed by atoms with Crippen LogP contribution in [-0.4, -0.2) is 13.1 Å². The third kappa shape index (κ3) is 2.22. The standard InChI is InChI=1S/C11H23N/c1-11(2,3)9-7-5-6-8-10(9)12-4/h9-10,12H,5-8H2,1-4H3. The van der Waals surface area contributed by atoms with Crippen LogP contribution in [-0.2, 0) is 0 Å². The molecule has 1 aliphatic carbocycles. The summed E-state index contributed by atoms with van der Waals surface area (Å²) < 4.78 is 0. The zero-order chi connectivity index (χ0) is 9.19.